The van der Waals surface area contributed by atoms with Gasteiger partial charge in [-0.3, -0.25) is 0 Å². The maximum atomic E-state index is 6.35. The van der Waals surface area contributed by atoms with E-state index in [1.807, 2.05) is 55.4 Å². The van der Waals surface area contributed by atoms with Gasteiger partial charge in [-0.05, 0) is 199 Å². The van der Waals surface area contributed by atoms with Gasteiger partial charge in [0.15, 0.2) is 0 Å². The Labute approximate surface area is 434 Å². The van der Waals surface area contributed by atoms with Crippen LogP contribution in [0.25, 0.3) is 44.1 Å². The number of fused-ring (bicyclic) bond motifs is 2. The van der Waals surface area contributed by atoms with Crippen LogP contribution >= 0.6 is 31.9 Å². The SMILES string of the molecule is CC1(C)OB(B2OC(C)(C)C(C)(C)O2)OC1(C)C.Cc1cc2c(-c3ccc(B4OC(C)(C)C(C)(C)O4)cc3)ccc(B3OC(C)(C)C(C)(C)O3)c2[nH]1.Cc1cc2c(-c3ccc(Br)cc3)ccc(Br)c2[nH]1. The van der Waals surface area contributed by atoms with Crippen molar-refractivity contribution in [2.45, 2.75) is 169 Å². The van der Waals surface area contributed by atoms with Crippen LogP contribution < -0.4 is 10.9 Å². The number of halogens is 2. The minimum Gasteiger partial charge on any atom is -0.405 e. The standard InChI is InChI=1S/C27H35B2NO4.C15H11Br2N.C12H24B2O4/c1-17-16-21-20(14-15-22(23(21)30-17)29-33-26(6,7)27(8,9)34-29)18-10-12-19(13-11-18)28-31-24(2,3)25(4,5)32-28;1-9-8-13-12(6-7-14(17)15(13)18-9)10-2-4-11(16)5-3-10;1-9(2)10(3,4)16-13(15-9)14-17-11(5,6)12(7,8)18-14/h10-16,30H,1-9H3;2-8,18H,1H3;1-8H3. The molecule has 10 rings (SSSR count). The quantitative estimate of drug-likeness (QED) is 0.165. The lowest BCUT2D eigenvalue weighted by molar-refractivity contribution is 0.00578. The molecular weight excluding hydrogens is 1010 g/mol. The zero-order valence-electron chi connectivity index (χ0n) is 44.4. The largest absolute Gasteiger partial charge is 0.497 e. The van der Waals surface area contributed by atoms with Crippen LogP contribution in [0.2, 0.25) is 0 Å². The number of H-pyrrole nitrogens is 2. The lowest BCUT2D eigenvalue weighted by atomic mass is 9.49. The summed E-state index contributed by atoms with van der Waals surface area (Å²) in [6.07, 6.45) is 0. The minimum absolute atomic E-state index is 0.353. The number of hydrogen-bond donors (Lipinski definition) is 2. The molecule has 70 heavy (non-hydrogen) atoms. The van der Waals surface area contributed by atoms with Gasteiger partial charge in [0.1, 0.15) is 0 Å². The lowest BCUT2D eigenvalue weighted by Crippen LogP contribution is -2.41. The Morgan fingerprint density at radius 3 is 1.16 bits per heavy atom. The average Bonchev–Trinajstić information content (AvgIpc) is 4.03. The van der Waals surface area contributed by atoms with Gasteiger partial charge in [-0.2, -0.15) is 0 Å². The van der Waals surface area contributed by atoms with Crippen LogP contribution in [-0.2, 0) is 37.2 Å². The number of hydrogen-bond acceptors (Lipinski definition) is 8. The van der Waals surface area contributed by atoms with Gasteiger partial charge in [0, 0.05) is 42.1 Å². The van der Waals surface area contributed by atoms with E-state index in [0.29, 0.717) is 0 Å². The van der Waals surface area contributed by atoms with Crippen molar-refractivity contribution in [3.8, 4) is 22.3 Å². The van der Waals surface area contributed by atoms with E-state index < -0.39 is 21.1 Å². The fourth-order valence-corrected chi connectivity index (χ4v) is 9.50. The van der Waals surface area contributed by atoms with Gasteiger partial charge in [-0.1, -0.05) is 70.5 Å². The summed E-state index contributed by atoms with van der Waals surface area (Å²) in [6, 6.07) is 29.8. The molecule has 4 saturated heterocycles. The number of aromatic nitrogens is 2. The highest BCUT2D eigenvalue weighted by Crippen LogP contribution is 2.44. The number of nitrogens with one attached hydrogen (secondary N) is 2. The highest BCUT2D eigenvalue weighted by molar-refractivity contribution is 9.11. The van der Waals surface area contributed by atoms with Gasteiger partial charge in [-0.15, -0.1) is 0 Å². The molecule has 10 nitrogen and oxygen atoms in total. The molecule has 0 bridgehead atoms. The first-order valence-electron chi connectivity index (χ1n) is 24.4. The second kappa shape index (κ2) is 18.4. The zero-order chi connectivity index (χ0) is 51.4. The maximum absolute atomic E-state index is 6.35. The summed E-state index contributed by atoms with van der Waals surface area (Å²) in [4.78, 5) is 6.94. The van der Waals surface area contributed by atoms with Gasteiger partial charge in [0.2, 0.25) is 0 Å². The van der Waals surface area contributed by atoms with E-state index in [2.05, 4.69) is 196 Å². The fraction of sp³-hybridized carbons (Fsp3) is 0.481. The fourth-order valence-electron chi connectivity index (χ4n) is 8.79. The van der Waals surface area contributed by atoms with Crippen LogP contribution in [0.3, 0.4) is 0 Å². The molecule has 6 heterocycles. The monoisotopic (exact) mass is 1080 g/mol. The molecule has 4 aliphatic heterocycles. The van der Waals surface area contributed by atoms with Gasteiger partial charge in [-0.25, -0.2) is 0 Å². The smallest absolute Gasteiger partial charge is 0.405 e. The highest BCUT2D eigenvalue weighted by atomic mass is 79.9. The Morgan fingerprint density at radius 1 is 0.386 bits per heavy atom. The third-order valence-corrected chi connectivity index (χ3v) is 17.2. The molecular formula is C54H70B4Br2N2O8. The van der Waals surface area contributed by atoms with E-state index in [9.17, 15) is 0 Å². The first-order valence-corrected chi connectivity index (χ1v) is 26.0. The van der Waals surface area contributed by atoms with E-state index in [1.165, 1.54) is 27.8 Å². The molecule has 0 amide bonds. The first kappa shape index (κ1) is 53.2. The molecule has 0 saturated carbocycles. The molecule has 6 aromatic rings. The van der Waals surface area contributed by atoms with Crippen molar-refractivity contribution in [2.24, 2.45) is 0 Å². The van der Waals surface area contributed by atoms with Crippen LogP contribution in [0.1, 0.15) is 122 Å². The van der Waals surface area contributed by atoms with Crippen LogP contribution in [0, 0.1) is 13.8 Å². The van der Waals surface area contributed by atoms with Crippen LogP contribution in [-0.4, -0.2) is 83.0 Å². The summed E-state index contributed by atoms with van der Waals surface area (Å²) >= 11 is 7.06. The summed E-state index contributed by atoms with van der Waals surface area (Å²) in [7, 11) is -1.73. The summed E-state index contributed by atoms with van der Waals surface area (Å²) in [5.41, 5.74) is 8.44. The molecule has 0 unspecified atom stereocenters. The van der Waals surface area contributed by atoms with Crippen molar-refractivity contribution in [3.05, 3.63) is 105 Å². The van der Waals surface area contributed by atoms with E-state index in [0.717, 1.165) is 47.5 Å². The second-order valence-corrected chi connectivity index (χ2v) is 25.1. The third kappa shape index (κ3) is 9.97. The lowest BCUT2D eigenvalue weighted by Gasteiger charge is -2.32. The molecule has 0 aliphatic carbocycles. The molecule has 370 valence electrons. The number of rotatable bonds is 5. The minimum atomic E-state index is -0.476. The van der Waals surface area contributed by atoms with Gasteiger partial charge >= 0.3 is 28.3 Å². The Bertz CT molecular complexity index is 2790. The molecule has 4 fully saturated rings. The molecule has 16 heteroatoms. The Morgan fingerprint density at radius 2 is 0.729 bits per heavy atom. The third-order valence-electron chi connectivity index (χ3n) is 16.0. The van der Waals surface area contributed by atoms with Crippen molar-refractivity contribution >= 4 is 92.8 Å². The van der Waals surface area contributed by atoms with Gasteiger partial charge in [0.25, 0.3) is 0 Å². The van der Waals surface area contributed by atoms with Crippen molar-refractivity contribution in [1.82, 2.24) is 9.97 Å². The highest BCUT2D eigenvalue weighted by Gasteiger charge is 2.64. The Kier molecular flexibility index (Phi) is 13.9. The van der Waals surface area contributed by atoms with Crippen molar-refractivity contribution in [1.29, 1.82) is 0 Å². The predicted molar refractivity (Wildman–Crippen MR) is 296 cm³/mol. The number of aromatic amines is 2. The average molecular weight is 1080 g/mol. The molecule has 4 aromatic carbocycles. The van der Waals surface area contributed by atoms with Crippen molar-refractivity contribution in [2.75, 3.05) is 0 Å². The van der Waals surface area contributed by atoms with E-state index in [1.54, 1.807) is 0 Å². The van der Waals surface area contributed by atoms with Crippen molar-refractivity contribution < 1.29 is 37.2 Å². The normalized spacial score (nSPS) is 22.1. The van der Waals surface area contributed by atoms with E-state index in [-0.39, 0.29) is 51.9 Å². The second-order valence-electron chi connectivity index (χ2n) is 23.3. The summed E-state index contributed by atoms with van der Waals surface area (Å²) < 4.78 is 51.2. The number of aryl methyl sites for hydroxylation is 2. The number of benzene rings is 4. The summed E-state index contributed by atoms with van der Waals surface area (Å²) in [6.45, 7) is 37.0. The molecule has 4 aliphatic rings. The van der Waals surface area contributed by atoms with Crippen molar-refractivity contribution in [3.63, 3.8) is 0 Å². The van der Waals surface area contributed by atoms with Gasteiger partial charge in [0.05, 0.1) is 50.3 Å². The molecule has 2 N–H and O–H groups in total. The summed E-state index contributed by atoms with van der Waals surface area (Å²) in [5.74, 6) is 0. The Hall–Kier alpha value is -3.14. The van der Waals surface area contributed by atoms with Gasteiger partial charge < -0.3 is 47.2 Å². The molecule has 2 aromatic heterocycles. The van der Waals surface area contributed by atoms with Crippen LogP contribution in [0.4, 0.5) is 0 Å². The molecule has 0 radical (unpaired) electrons. The predicted octanol–water partition coefficient (Wildman–Crippen LogP) is 12.7. The zero-order valence-corrected chi connectivity index (χ0v) is 47.6. The molecule has 0 atom stereocenters. The molecule has 0 spiro atoms. The maximum Gasteiger partial charge on any atom is 0.497 e. The van der Waals surface area contributed by atoms with E-state index >= 15 is 0 Å². The van der Waals surface area contributed by atoms with Crippen LogP contribution in [0.15, 0.2) is 93.9 Å². The van der Waals surface area contributed by atoms with E-state index in [4.69, 9.17) is 37.2 Å². The Balaban J connectivity index is 0.000000154. The first-order chi connectivity index (χ1) is 32.2. The summed E-state index contributed by atoms with van der Waals surface area (Å²) in [5, 5.41) is 2.41. The topological polar surface area (TPSA) is 105 Å². The van der Waals surface area contributed by atoms with Crippen LogP contribution in [0.5, 0.6) is 0 Å².